The van der Waals surface area contributed by atoms with Crippen molar-refractivity contribution in [1.82, 2.24) is 15.5 Å². The number of hydrogen-bond acceptors (Lipinski definition) is 3. The number of benzene rings is 1. The fourth-order valence-corrected chi connectivity index (χ4v) is 4.14. The first-order valence-electron chi connectivity index (χ1n) is 9.82. The predicted octanol–water partition coefficient (Wildman–Crippen LogP) is 1.97. The van der Waals surface area contributed by atoms with Crippen LogP contribution >= 0.6 is 0 Å². The number of nitrogens with one attached hydrogen (secondary N) is 2. The van der Waals surface area contributed by atoms with Crippen LogP contribution in [0.2, 0.25) is 0 Å². The Bertz CT molecular complexity index is 613. The van der Waals surface area contributed by atoms with E-state index in [4.69, 9.17) is 0 Å². The van der Waals surface area contributed by atoms with Crippen LogP contribution < -0.4 is 10.6 Å². The van der Waals surface area contributed by atoms with E-state index in [0.717, 1.165) is 44.6 Å². The molecule has 1 unspecified atom stereocenters. The zero-order chi connectivity index (χ0) is 18.6. The van der Waals surface area contributed by atoms with E-state index in [1.165, 1.54) is 6.42 Å². The molecule has 2 aliphatic heterocycles. The van der Waals surface area contributed by atoms with Crippen molar-refractivity contribution in [3.05, 3.63) is 35.9 Å². The van der Waals surface area contributed by atoms with Crippen LogP contribution in [0.3, 0.4) is 0 Å². The summed E-state index contributed by atoms with van der Waals surface area (Å²) in [7, 11) is 0. The molecule has 5 heteroatoms. The number of piperidine rings is 1. The molecule has 142 valence electrons. The first-order valence-corrected chi connectivity index (χ1v) is 9.82. The Labute approximate surface area is 156 Å². The molecule has 2 aliphatic rings. The average molecular weight is 357 g/mol. The molecule has 1 spiro atoms. The zero-order valence-corrected chi connectivity index (χ0v) is 16.0. The van der Waals surface area contributed by atoms with E-state index in [1.807, 2.05) is 49.1 Å². The summed E-state index contributed by atoms with van der Waals surface area (Å²) in [6.07, 6.45) is 3.66. The van der Waals surface area contributed by atoms with Gasteiger partial charge in [-0.3, -0.25) is 9.59 Å². The first-order chi connectivity index (χ1) is 12.5. The Balaban J connectivity index is 1.57. The van der Waals surface area contributed by atoms with Gasteiger partial charge in [0.1, 0.15) is 6.04 Å². The maximum atomic E-state index is 13.0. The van der Waals surface area contributed by atoms with Crippen LogP contribution in [-0.2, 0) is 16.0 Å². The van der Waals surface area contributed by atoms with Crippen LogP contribution in [0.5, 0.6) is 0 Å². The second kappa shape index (κ2) is 8.21. The molecule has 0 aromatic heterocycles. The second-order valence-corrected chi connectivity index (χ2v) is 8.20. The summed E-state index contributed by atoms with van der Waals surface area (Å²) in [5.74, 6) is 0.0604. The molecule has 1 atom stereocenters. The van der Waals surface area contributed by atoms with Crippen LogP contribution in [0.4, 0.5) is 0 Å². The summed E-state index contributed by atoms with van der Waals surface area (Å²) in [4.78, 5) is 27.4. The van der Waals surface area contributed by atoms with Crippen molar-refractivity contribution < 1.29 is 9.59 Å². The molecule has 0 aliphatic carbocycles. The van der Waals surface area contributed by atoms with Gasteiger partial charge >= 0.3 is 0 Å². The van der Waals surface area contributed by atoms with Crippen molar-refractivity contribution in [3.8, 4) is 0 Å². The van der Waals surface area contributed by atoms with Gasteiger partial charge in [-0.05, 0) is 42.7 Å². The van der Waals surface area contributed by atoms with Gasteiger partial charge in [-0.25, -0.2) is 0 Å². The van der Waals surface area contributed by atoms with Gasteiger partial charge < -0.3 is 15.5 Å². The van der Waals surface area contributed by atoms with Crippen molar-refractivity contribution >= 4 is 11.8 Å². The highest BCUT2D eigenvalue weighted by atomic mass is 16.2. The summed E-state index contributed by atoms with van der Waals surface area (Å²) in [6, 6.07) is 9.22. The Hall–Kier alpha value is -1.88. The highest BCUT2D eigenvalue weighted by molar-refractivity contribution is 5.88. The molecule has 2 heterocycles. The third kappa shape index (κ3) is 4.44. The lowest BCUT2D eigenvalue weighted by atomic mass is 9.77. The predicted molar refractivity (Wildman–Crippen MR) is 103 cm³/mol. The molecule has 2 fully saturated rings. The summed E-state index contributed by atoms with van der Waals surface area (Å²) in [5.41, 5.74) is 1.36. The number of hydrogen-bond donors (Lipinski definition) is 2. The van der Waals surface area contributed by atoms with Gasteiger partial charge in [-0.2, -0.15) is 0 Å². The Morgan fingerprint density at radius 1 is 1.15 bits per heavy atom. The van der Waals surface area contributed by atoms with E-state index in [0.29, 0.717) is 11.8 Å². The molecule has 2 amide bonds. The molecule has 5 nitrogen and oxygen atoms in total. The van der Waals surface area contributed by atoms with Crippen molar-refractivity contribution in [2.75, 3.05) is 26.2 Å². The molecule has 1 aromatic carbocycles. The van der Waals surface area contributed by atoms with Crippen LogP contribution in [0.25, 0.3) is 0 Å². The first kappa shape index (κ1) is 18.9. The highest BCUT2D eigenvalue weighted by Gasteiger charge is 2.39. The maximum Gasteiger partial charge on any atom is 0.245 e. The van der Waals surface area contributed by atoms with Crippen molar-refractivity contribution in [2.24, 2.45) is 11.3 Å². The topological polar surface area (TPSA) is 61.4 Å². The van der Waals surface area contributed by atoms with Gasteiger partial charge in [0.2, 0.25) is 11.8 Å². The van der Waals surface area contributed by atoms with Gasteiger partial charge in [-0.15, -0.1) is 0 Å². The van der Waals surface area contributed by atoms with E-state index in [9.17, 15) is 9.59 Å². The molecular weight excluding hydrogens is 326 g/mol. The van der Waals surface area contributed by atoms with E-state index >= 15 is 0 Å². The van der Waals surface area contributed by atoms with Crippen LogP contribution in [0, 0.1) is 11.3 Å². The van der Waals surface area contributed by atoms with Gasteiger partial charge in [0.05, 0.1) is 6.42 Å². The third-order valence-electron chi connectivity index (χ3n) is 5.92. The van der Waals surface area contributed by atoms with Gasteiger partial charge in [0.15, 0.2) is 0 Å². The molecule has 2 saturated heterocycles. The van der Waals surface area contributed by atoms with E-state index in [1.54, 1.807) is 0 Å². The quantitative estimate of drug-likeness (QED) is 0.847. The van der Waals surface area contributed by atoms with Crippen LogP contribution in [0.15, 0.2) is 30.3 Å². The molecule has 1 aromatic rings. The van der Waals surface area contributed by atoms with Crippen molar-refractivity contribution in [3.63, 3.8) is 0 Å². The number of rotatable bonds is 5. The lowest BCUT2D eigenvalue weighted by Crippen LogP contribution is -2.54. The highest BCUT2D eigenvalue weighted by Crippen LogP contribution is 2.37. The van der Waals surface area contributed by atoms with Crippen LogP contribution in [0.1, 0.15) is 38.7 Å². The zero-order valence-electron chi connectivity index (χ0n) is 16.0. The molecular formula is C21H31N3O2. The fraction of sp³-hybridized carbons (Fsp3) is 0.619. The van der Waals surface area contributed by atoms with Crippen molar-refractivity contribution in [1.29, 1.82) is 0 Å². The minimum absolute atomic E-state index is 0.0715. The second-order valence-electron chi connectivity index (χ2n) is 8.20. The molecule has 0 bridgehead atoms. The number of nitrogens with zero attached hydrogens (tertiary/aromatic N) is 1. The molecule has 2 N–H and O–H groups in total. The Morgan fingerprint density at radius 2 is 1.85 bits per heavy atom. The smallest absolute Gasteiger partial charge is 0.245 e. The normalized spacial score (nSPS) is 20.3. The number of carbonyl (C=O) groups excluding carboxylic acids is 2. The van der Waals surface area contributed by atoms with Crippen LogP contribution in [-0.4, -0.2) is 48.9 Å². The van der Waals surface area contributed by atoms with E-state index < -0.39 is 6.04 Å². The number of likely N-dealkylation sites (tertiary alicyclic amines) is 1. The minimum atomic E-state index is -0.443. The van der Waals surface area contributed by atoms with E-state index in [2.05, 4.69) is 10.6 Å². The average Bonchev–Trinajstić information content (AvgIpc) is 3.08. The molecule has 0 saturated carbocycles. The SMILES string of the molecule is CC(C)C(NC(=O)Cc1ccccc1)C(=O)N1CCC2(CCNC2)CC1. The molecule has 26 heavy (non-hydrogen) atoms. The summed E-state index contributed by atoms with van der Waals surface area (Å²) in [6.45, 7) is 7.78. The molecule has 0 radical (unpaired) electrons. The standard InChI is InChI=1S/C21H31N3O2/c1-16(2)19(23-18(25)14-17-6-4-3-5-7-17)20(26)24-12-9-21(10-13-24)8-11-22-15-21/h3-7,16,19,22H,8-15H2,1-2H3,(H,23,25). The third-order valence-corrected chi connectivity index (χ3v) is 5.92. The van der Waals surface area contributed by atoms with Gasteiger partial charge in [0, 0.05) is 19.6 Å². The fourth-order valence-electron chi connectivity index (χ4n) is 4.14. The van der Waals surface area contributed by atoms with Gasteiger partial charge in [-0.1, -0.05) is 44.2 Å². The lowest BCUT2D eigenvalue weighted by Gasteiger charge is -2.40. The number of carbonyl (C=O) groups is 2. The summed E-state index contributed by atoms with van der Waals surface area (Å²) < 4.78 is 0. The van der Waals surface area contributed by atoms with Crippen molar-refractivity contribution in [2.45, 2.75) is 45.6 Å². The minimum Gasteiger partial charge on any atom is -0.344 e. The monoisotopic (exact) mass is 357 g/mol. The Kier molecular flexibility index (Phi) is 5.97. The lowest BCUT2D eigenvalue weighted by molar-refractivity contribution is -0.139. The maximum absolute atomic E-state index is 13.0. The van der Waals surface area contributed by atoms with Gasteiger partial charge in [0.25, 0.3) is 0 Å². The van der Waals surface area contributed by atoms with E-state index in [-0.39, 0.29) is 17.7 Å². The Morgan fingerprint density at radius 3 is 2.42 bits per heavy atom. The summed E-state index contributed by atoms with van der Waals surface area (Å²) in [5, 5.41) is 6.44. The number of amides is 2. The largest absolute Gasteiger partial charge is 0.344 e. The molecule has 3 rings (SSSR count). The summed E-state index contributed by atoms with van der Waals surface area (Å²) >= 11 is 0.